The normalized spacial score (nSPS) is 16.7. The van der Waals surface area contributed by atoms with E-state index in [4.69, 9.17) is 9.15 Å². The van der Waals surface area contributed by atoms with Gasteiger partial charge in [-0.2, -0.15) is 0 Å². The van der Waals surface area contributed by atoms with Crippen molar-refractivity contribution in [2.45, 2.75) is 96.7 Å². The predicted molar refractivity (Wildman–Crippen MR) is 344 cm³/mol. The first-order valence-electron chi connectivity index (χ1n) is 30.8. The predicted octanol–water partition coefficient (Wildman–Crippen LogP) is 22.1. The molecule has 404 valence electrons. The molecule has 3 heterocycles. The average Bonchev–Trinajstić information content (AvgIpc) is 1.55. The van der Waals surface area contributed by atoms with Crippen molar-refractivity contribution in [2.75, 3.05) is 4.90 Å². The highest BCUT2D eigenvalue weighted by molar-refractivity contribution is 7.99. The van der Waals surface area contributed by atoms with Crippen molar-refractivity contribution in [1.82, 2.24) is 0 Å². The van der Waals surface area contributed by atoms with Gasteiger partial charge in [-0.3, -0.25) is 0 Å². The fraction of sp³-hybridized carbons (Fsp3) is 0.175. The molecule has 18 rings (SSSR count). The molecule has 84 heavy (non-hydrogen) atoms. The summed E-state index contributed by atoms with van der Waals surface area (Å²) in [6, 6.07) is 90.3. The van der Waals surface area contributed by atoms with E-state index >= 15 is 0 Å². The van der Waals surface area contributed by atoms with E-state index in [1.54, 1.807) is 0 Å². The Balaban J connectivity index is 0.926. The van der Waals surface area contributed by atoms with E-state index in [9.17, 15) is 0 Å². The molecule has 0 unspecified atom stereocenters. The second kappa shape index (κ2) is 18.8. The minimum absolute atomic E-state index is 0.544. The molecule has 2 fully saturated rings. The average molecular weight is 1100 g/mol. The number of hydrogen-bond donors (Lipinski definition) is 0. The Kier molecular flexibility index (Phi) is 10.9. The van der Waals surface area contributed by atoms with Gasteiger partial charge < -0.3 is 14.1 Å². The first kappa shape index (κ1) is 48.7. The van der Waals surface area contributed by atoms with Crippen molar-refractivity contribution in [2.24, 2.45) is 0 Å². The number of fused-ring (bicyclic) bond motifs is 21. The molecule has 0 amide bonds. The second-order valence-corrected chi connectivity index (χ2v) is 25.6. The number of furan rings is 1. The third-order valence-corrected chi connectivity index (χ3v) is 21.6. The molecule has 4 aliphatic carbocycles. The van der Waals surface area contributed by atoms with Gasteiger partial charge in [0.15, 0.2) is 0 Å². The highest BCUT2D eigenvalue weighted by Gasteiger charge is 2.53. The van der Waals surface area contributed by atoms with Gasteiger partial charge in [0.1, 0.15) is 22.7 Å². The Morgan fingerprint density at radius 1 is 0.345 bits per heavy atom. The van der Waals surface area contributed by atoms with E-state index in [0.29, 0.717) is 11.8 Å². The molecule has 11 aromatic carbocycles. The molecule has 1 aromatic heterocycles. The molecule has 0 atom stereocenters. The molecular weight excluding hydrogens is 1040 g/mol. The molecular formula is C80H61NO2S. The van der Waals surface area contributed by atoms with Crippen LogP contribution in [0.1, 0.15) is 132 Å². The largest absolute Gasteiger partial charge is 0.457 e. The molecule has 12 aromatic rings. The first-order chi connectivity index (χ1) is 41.6. The van der Waals surface area contributed by atoms with Crippen LogP contribution in [0.15, 0.2) is 251 Å². The molecule has 0 saturated heterocycles. The van der Waals surface area contributed by atoms with Crippen molar-refractivity contribution in [3.8, 4) is 44.9 Å². The van der Waals surface area contributed by atoms with Crippen LogP contribution >= 0.6 is 11.8 Å². The van der Waals surface area contributed by atoms with Gasteiger partial charge in [-0.05, 0) is 165 Å². The lowest BCUT2D eigenvalue weighted by Gasteiger charge is -2.41. The molecule has 3 nitrogen and oxygen atoms in total. The number of anilines is 3. The third kappa shape index (κ3) is 6.89. The molecule has 0 radical (unpaired) electrons. The van der Waals surface area contributed by atoms with Crippen LogP contribution in [0.3, 0.4) is 0 Å². The molecule has 0 N–H and O–H groups in total. The van der Waals surface area contributed by atoms with Gasteiger partial charge >= 0.3 is 0 Å². The lowest BCUT2D eigenvalue weighted by molar-refractivity contribution is 0.433. The highest BCUT2D eigenvalue weighted by Crippen LogP contribution is 2.66. The van der Waals surface area contributed by atoms with E-state index in [1.807, 2.05) is 11.8 Å². The fourth-order valence-corrected chi connectivity index (χ4v) is 17.9. The Morgan fingerprint density at radius 3 is 1.54 bits per heavy atom. The molecule has 4 heteroatoms. The summed E-state index contributed by atoms with van der Waals surface area (Å²) in [5, 5.41) is 2.23. The number of hydrogen-bond acceptors (Lipinski definition) is 4. The van der Waals surface area contributed by atoms with E-state index in [2.05, 4.69) is 241 Å². The van der Waals surface area contributed by atoms with Gasteiger partial charge in [0.05, 0.1) is 16.5 Å². The summed E-state index contributed by atoms with van der Waals surface area (Å²) < 4.78 is 14.2. The summed E-state index contributed by atoms with van der Waals surface area (Å²) in [5.74, 6) is 2.92. The van der Waals surface area contributed by atoms with Crippen molar-refractivity contribution in [3.05, 3.63) is 292 Å². The Labute approximate surface area is 495 Å². The van der Waals surface area contributed by atoms with E-state index in [-0.39, 0.29) is 0 Å². The van der Waals surface area contributed by atoms with Gasteiger partial charge in [-0.15, -0.1) is 0 Å². The number of rotatable bonds is 6. The van der Waals surface area contributed by atoms with Crippen molar-refractivity contribution in [1.29, 1.82) is 0 Å². The summed E-state index contributed by atoms with van der Waals surface area (Å²) in [6.07, 6.45) is 12.8. The molecule has 2 aliphatic heterocycles. The minimum Gasteiger partial charge on any atom is -0.457 e. The zero-order valence-corrected chi connectivity index (χ0v) is 47.7. The van der Waals surface area contributed by atoms with Crippen molar-refractivity contribution < 1.29 is 9.15 Å². The zero-order chi connectivity index (χ0) is 55.1. The number of ether oxygens (including phenoxy) is 1. The summed E-state index contributed by atoms with van der Waals surface area (Å²) in [7, 11) is 0. The van der Waals surface area contributed by atoms with Gasteiger partial charge in [-0.25, -0.2) is 0 Å². The molecule has 2 spiro atoms. The monoisotopic (exact) mass is 1100 g/mol. The zero-order valence-electron chi connectivity index (χ0n) is 46.9. The van der Waals surface area contributed by atoms with Gasteiger partial charge in [0, 0.05) is 54.2 Å². The molecule has 0 bridgehead atoms. The van der Waals surface area contributed by atoms with Crippen LogP contribution in [0.2, 0.25) is 0 Å². The lowest BCUT2D eigenvalue weighted by atomic mass is 9.65. The lowest BCUT2D eigenvalue weighted by Crippen LogP contribution is -2.33. The molecule has 6 aliphatic rings. The topological polar surface area (TPSA) is 25.6 Å². The van der Waals surface area contributed by atoms with Crippen LogP contribution < -0.4 is 9.64 Å². The Bertz CT molecular complexity index is 4570. The summed E-state index contributed by atoms with van der Waals surface area (Å²) in [4.78, 5) is 5.15. The van der Waals surface area contributed by atoms with Crippen LogP contribution in [-0.4, -0.2) is 0 Å². The van der Waals surface area contributed by atoms with Gasteiger partial charge in [0.25, 0.3) is 0 Å². The van der Waals surface area contributed by atoms with Crippen LogP contribution in [0.25, 0.3) is 55.3 Å². The maximum absolute atomic E-state index is 7.31. The quantitative estimate of drug-likeness (QED) is 0.166. The van der Waals surface area contributed by atoms with E-state index < -0.39 is 10.8 Å². The van der Waals surface area contributed by atoms with Crippen molar-refractivity contribution in [3.63, 3.8) is 0 Å². The molecule has 2 saturated carbocycles. The Morgan fingerprint density at radius 2 is 0.833 bits per heavy atom. The number of para-hydroxylation sites is 4. The number of nitrogens with zero attached hydrogens (tertiary/aromatic N) is 1. The second-order valence-electron chi connectivity index (χ2n) is 24.6. The van der Waals surface area contributed by atoms with Gasteiger partial charge in [-0.1, -0.05) is 226 Å². The van der Waals surface area contributed by atoms with Gasteiger partial charge in [0.2, 0.25) is 0 Å². The summed E-state index contributed by atoms with van der Waals surface area (Å²) >= 11 is 1.89. The third-order valence-electron chi connectivity index (χ3n) is 20.4. The van der Waals surface area contributed by atoms with E-state index in [1.165, 1.54) is 152 Å². The maximum Gasteiger partial charge on any atom is 0.143 e. The SMILES string of the molecule is c1ccc2c(c1)Oc1ccc(N(c3ccc4c(c3)C3(c5ccccc5Sc5ccccc53)c3ccccc3-4)c3ccccc3-c3cccc4c3oc3ccccc34)cc1C21c2cc(C3CCCCC3)ccc2-c2ccc(C3CCCCC3)cc21. The highest BCUT2D eigenvalue weighted by atomic mass is 32.2. The number of benzene rings is 11. The van der Waals surface area contributed by atoms with Crippen LogP contribution in [-0.2, 0) is 10.8 Å². The van der Waals surface area contributed by atoms with Crippen LogP contribution in [0.4, 0.5) is 17.1 Å². The minimum atomic E-state index is -0.665. The summed E-state index contributed by atoms with van der Waals surface area (Å²) in [5.41, 5.74) is 24.5. The maximum atomic E-state index is 7.31. The van der Waals surface area contributed by atoms with E-state index in [0.717, 1.165) is 61.6 Å². The smallest absolute Gasteiger partial charge is 0.143 e. The summed E-state index contributed by atoms with van der Waals surface area (Å²) in [6.45, 7) is 0. The first-order valence-corrected chi connectivity index (χ1v) is 31.6. The van der Waals surface area contributed by atoms with Crippen LogP contribution in [0.5, 0.6) is 11.5 Å². The fourth-order valence-electron chi connectivity index (χ4n) is 16.8. The Hall–Kier alpha value is -8.83. The standard InChI is InChI=1S/C80H61NO2S/c1-3-20-50(21-4-1)52-38-42-57-58-43-39-53(51-22-5-2-6-23-51)47-69(58)80(68(57)46-52)65-30-11-16-35-74(65)82-75-45-41-55(49-71(75)80)81(72-33-14-8-25-60(72)62-27-19-28-63-61-26-9-15-34-73(61)83-78(62)63)54-40-44-59-56-24-7-10-29-64(56)79(70(59)48-54)66-31-12-17-36-76(66)84-77-37-18-13-32-67(77)79/h7-19,24-51H,1-6,20-23H2. The van der Waals surface area contributed by atoms with Crippen LogP contribution in [0, 0.1) is 0 Å². The van der Waals surface area contributed by atoms with Crippen molar-refractivity contribution >= 4 is 50.8 Å².